The highest BCUT2D eigenvalue weighted by Gasteiger charge is 2.53. The number of hydrogen-bond donors (Lipinski definition) is 0. The largest absolute Gasteiger partial charge is 0.381 e. The Labute approximate surface area is 73.3 Å². The second-order valence-corrected chi connectivity index (χ2v) is 4.12. The fraction of sp³-hybridized carbons (Fsp3) is 0.900. The van der Waals surface area contributed by atoms with Crippen LogP contribution in [-0.4, -0.2) is 19.5 Å². The van der Waals surface area contributed by atoms with Crippen molar-refractivity contribution in [1.82, 2.24) is 0 Å². The summed E-state index contributed by atoms with van der Waals surface area (Å²) in [6.07, 6.45) is 6.74. The molecule has 2 nitrogen and oxygen atoms in total. The number of rotatable bonds is 3. The van der Waals surface area contributed by atoms with Gasteiger partial charge in [0.15, 0.2) is 0 Å². The van der Waals surface area contributed by atoms with Gasteiger partial charge in [-0.3, -0.25) is 0 Å². The summed E-state index contributed by atoms with van der Waals surface area (Å²) in [4.78, 5) is 10.2. The third-order valence-electron chi connectivity index (χ3n) is 3.48. The molecular weight excluding hydrogens is 152 g/mol. The first-order chi connectivity index (χ1) is 5.87. The Kier molecular flexibility index (Phi) is 2.18. The third kappa shape index (κ3) is 1.40. The van der Waals surface area contributed by atoms with Crippen molar-refractivity contribution in [2.75, 3.05) is 13.2 Å². The monoisotopic (exact) mass is 168 g/mol. The third-order valence-corrected chi connectivity index (χ3v) is 3.48. The Morgan fingerprint density at radius 3 is 2.83 bits per heavy atom. The average molecular weight is 168 g/mol. The van der Waals surface area contributed by atoms with E-state index in [-0.39, 0.29) is 0 Å². The lowest BCUT2D eigenvalue weighted by molar-refractivity contribution is -0.108. The molecule has 0 amide bonds. The maximum absolute atomic E-state index is 10.2. The highest BCUT2D eigenvalue weighted by molar-refractivity contribution is 5.49. The molecular formula is C10H16O2. The number of carbonyl (C=O) groups excluding carboxylic acids is 1. The van der Waals surface area contributed by atoms with Gasteiger partial charge in [-0.1, -0.05) is 0 Å². The van der Waals surface area contributed by atoms with Gasteiger partial charge in [-0.2, -0.15) is 0 Å². The zero-order chi connectivity index (χ0) is 8.44. The lowest BCUT2D eigenvalue weighted by Crippen LogP contribution is -2.18. The Hall–Kier alpha value is -0.370. The minimum absolute atomic E-state index is 0.612. The quantitative estimate of drug-likeness (QED) is 0.600. The molecule has 1 unspecified atom stereocenters. The molecule has 1 saturated carbocycles. The summed E-state index contributed by atoms with van der Waals surface area (Å²) in [5, 5.41) is 0. The van der Waals surface area contributed by atoms with Gasteiger partial charge in [0.25, 0.3) is 0 Å². The second-order valence-electron chi connectivity index (χ2n) is 4.12. The number of aldehydes is 1. The summed E-state index contributed by atoms with van der Waals surface area (Å²) in [6, 6.07) is 0. The van der Waals surface area contributed by atoms with Gasteiger partial charge in [0.2, 0.25) is 0 Å². The average Bonchev–Trinajstić information content (AvgIpc) is 2.77. The zero-order valence-corrected chi connectivity index (χ0v) is 7.42. The highest BCUT2D eigenvalue weighted by atomic mass is 16.5. The minimum atomic E-state index is 0.612. The first-order valence-corrected chi connectivity index (χ1v) is 4.89. The SMILES string of the molecule is O=CCCC1CC12CCOCC2. The molecule has 0 aromatic heterocycles. The van der Waals surface area contributed by atoms with E-state index in [1.165, 1.54) is 19.3 Å². The number of ether oxygens (including phenoxy) is 1. The number of hydrogen-bond acceptors (Lipinski definition) is 2. The number of carbonyl (C=O) groups is 1. The van der Waals surface area contributed by atoms with Crippen LogP contribution in [0.3, 0.4) is 0 Å². The van der Waals surface area contributed by atoms with Crippen molar-refractivity contribution in [1.29, 1.82) is 0 Å². The van der Waals surface area contributed by atoms with Crippen LogP contribution in [0.15, 0.2) is 0 Å². The van der Waals surface area contributed by atoms with E-state index in [9.17, 15) is 4.79 Å². The van der Waals surface area contributed by atoms with Gasteiger partial charge in [0, 0.05) is 19.6 Å². The fourth-order valence-electron chi connectivity index (χ4n) is 2.50. The van der Waals surface area contributed by atoms with Crippen LogP contribution in [0.5, 0.6) is 0 Å². The molecule has 1 atom stereocenters. The van der Waals surface area contributed by atoms with Crippen molar-refractivity contribution < 1.29 is 9.53 Å². The maximum Gasteiger partial charge on any atom is 0.120 e. The van der Waals surface area contributed by atoms with E-state index in [1.807, 2.05) is 0 Å². The van der Waals surface area contributed by atoms with Crippen molar-refractivity contribution in [3.8, 4) is 0 Å². The van der Waals surface area contributed by atoms with Crippen LogP contribution in [0.1, 0.15) is 32.1 Å². The van der Waals surface area contributed by atoms with Gasteiger partial charge < -0.3 is 9.53 Å². The van der Waals surface area contributed by atoms with Crippen LogP contribution in [-0.2, 0) is 9.53 Å². The van der Waals surface area contributed by atoms with Crippen molar-refractivity contribution in [2.24, 2.45) is 11.3 Å². The van der Waals surface area contributed by atoms with E-state index >= 15 is 0 Å². The van der Waals surface area contributed by atoms with Crippen molar-refractivity contribution in [2.45, 2.75) is 32.1 Å². The molecule has 0 radical (unpaired) electrons. The van der Waals surface area contributed by atoms with E-state index in [1.54, 1.807) is 0 Å². The zero-order valence-electron chi connectivity index (χ0n) is 7.42. The second kappa shape index (κ2) is 3.17. The Balaban J connectivity index is 1.79. The summed E-state index contributed by atoms with van der Waals surface area (Å²) in [6.45, 7) is 1.88. The van der Waals surface area contributed by atoms with E-state index in [0.29, 0.717) is 5.41 Å². The normalized spacial score (nSPS) is 31.8. The van der Waals surface area contributed by atoms with Crippen LogP contribution in [0.2, 0.25) is 0 Å². The predicted octanol–water partition coefficient (Wildman–Crippen LogP) is 1.78. The molecule has 1 aliphatic carbocycles. The van der Waals surface area contributed by atoms with Gasteiger partial charge in [-0.25, -0.2) is 0 Å². The molecule has 0 N–H and O–H groups in total. The van der Waals surface area contributed by atoms with Crippen molar-refractivity contribution in [3.05, 3.63) is 0 Å². The van der Waals surface area contributed by atoms with Gasteiger partial charge in [-0.15, -0.1) is 0 Å². The molecule has 0 aromatic rings. The molecule has 0 bridgehead atoms. The molecule has 1 spiro atoms. The van der Waals surface area contributed by atoms with Gasteiger partial charge in [0.05, 0.1) is 0 Å². The first-order valence-electron chi connectivity index (χ1n) is 4.89. The van der Waals surface area contributed by atoms with Crippen molar-refractivity contribution >= 4 is 6.29 Å². The molecule has 12 heavy (non-hydrogen) atoms. The van der Waals surface area contributed by atoms with E-state index in [4.69, 9.17) is 4.74 Å². The van der Waals surface area contributed by atoms with Gasteiger partial charge in [-0.05, 0) is 37.0 Å². The standard InChI is InChI=1S/C10H16O2/c11-5-1-2-9-8-10(9)3-6-12-7-4-10/h5,9H,1-4,6-8H2. The molecule has 2 heteroatoms. The topological polar surface area (TPSA) is 26.3 Å². The lowest BCUT2D eigenvalue weighted by Gasteiger charge is -2.22. The summed E-state index contributed by atoms with van der Waals surface area (Å²) in [5.74, 6) is 0.839. The molecule has 2 aliphatic rings. The molecule has 1 heterocycles. The molecule has 68 valence electrons. The first kappa shape index (κ1) is 8.24. The highest BCUT2D eigenvalue weighted by Crippen LogP contribution is 2.60. The smallest absolute Gasteiger partial charge is 0.120 e. The summed E-state index contributed by atoms with van der Waals surface area (Å²) in [7, 11) is 0. The minimum Gasteiger partial charge on any atom is -0.381 e. The predicted molar refractivity (Wildman–Crippen MR) is 45.9 cm³/mol. The van der Waals surface area contributed by atoms with Gasteiger partial charge in [0.1, 0.15) is 6.29 Å². The molecule has 1 aliphatic heterocycles. The van der Waals surface area contributed by atoms with E-state index in [2.05, 4.69) is 0 Å². The van der Waals surface area contributed by atoms with Crippen LogP contribution >= 0.6 is 0 Å². The molecule has 2 rings (SSSR count). The van der Waals surface area contributed by atoms with E-state index in [0.717, 1.165) is 38.3 Å². The maximum atomic E-state index is 10.2. The van der Waals surface area contributed by atoms with Crippen LogP contribution in [0.25, 0.3) is 0 Å². The van der Waals surface area contributed by atoms with Crippen LogP contribution in [0.4, 0.5) is 0 Å². The summed E-state index contributed by atoms with van der Waals surface area (Å²) >= 11 is 0. The fourth-order valence-corrected chi connectivity index (χ4v) is 2.50. The molecule has 2 fully saturated rings. The van der Waals surface area contributed by atoms with Crippen LogP contribution in [0, 0.1) is 11.3 Å². The Bertz CT molecular complexity index is 171. The molecule has 1 saturated heterocycles. The van der Waals surface area contributed by atoms with Crippen LogP contribution < -0.4 is 0 Å². The lowest BCUT2D eigenvalue weighted by atomic mass is 9.92. The van der Waals surface area contributed by atoms with E-state index < -0.39 is 0 Å². The van der Waals surface area contributed by atoms with Crippen molar-refractivity contribution in [3.63, 3.8) is 0 Å². The summed E-state index contributed by atoms with van der Waals surface area (Å²) in [5.41, 5.74) is 0.612. The van der Waals surface area contributed by atoms with Gasteiger partial charge >= 0.3 is 0 Å². The Morgan fingerprint density at radius 2 is 2.17 bits per heavy atom. The Morgan fingerprint density at radius 1 is 1.42 bits per heavy atom. The summed E-state index contributed by atoms with van der Waals surface area (Å²) < 4.78 is 5.33. The molecule has 0 aromatic carbocycles.